The Kier molecular flexibility index (Phi) is 5.17. The lowest BCUT2D eigenvalue weighted by Crippen LogP contribution is -2.26. The second-order valence-electron chi connectivity index (χ2n) is 7.25. The molecule has 3 aromatic rings. The first-order valence-corrected chi connectivity index (χ1v) is 11.3. The number of nitrogens with zero attached hydrogens (tertiary/aromatic N) is 2. The van der Waals surface area contributed by atoms with Crippen LogP contribution in [0.2, 0.25) is 0 Å². The third-order valence-corrected chi connectivity index (χ3v) is 5.42. The SMILES string of the molecule is Cc1ccc(C(=O)N2N=C(c3ccc(NS(C)(=O)=O)cc3)C[C@@H]2c2ccco2)cc1. The molecule has 0 radical (unpaired) electrons. The van der Waals surface area contributed by atoms with Gasteiger partial charge >= 0.3 is 0 Å². The number of nitrogens with one attached hydrogen (secondary N) is 1. The number of sulfonamides is 1. The van der Waals surface area contributed by atoms with Crippen molar-refractivity contribution in [3.63, 3.8) is 0 Å². The smallest absolute Gasteiger partial charge is 0.274 e. The summed E-state index contributed by atoms with van der Waals surface area (Å²) >= 11 is 0. The topological polar surface area (TPSA) is 92.0 Å². The van der Waals surface area contributed by atoms with Gasteiger partial charge in [0.05, 0.1) is 18.2 Å². The molecule has 0 saturated heterocycles. The molecular weight excluding hydrogens is 402 g/mol. The molecule has 30 heavy (non-hydrogen) atoms. The van der Waals surface area contributed by atoms with Crippen molar-refractivity contribution in [1.82, 2.24) is 5.01 Å². The average Bonchev–Trinajstić information content (AvgIpc) is 3.37. The molecule has 0 saturated carbocycles. The first kappa shape index (κ1) is 19.9. The van der Waals surface area contributed by atoms with E-state index in [0.717, 1.165) is 23.1 Å². The fourth-order valence-corrected chi connectivity index (χ4v) is 3.91. The summed E-state index contributed by atoms with van der Waals surface area (Å²) in [7, 11) is -3.35. The number of anilines is 1. The van der Waals surface area contributed by atoms with E-state index in [-0.39, 0.29) is 11.9 Å². The van der Waals surface area contributed by atoms with Gasteiger partial charge in [-0.1, -0.05) is 29.8 Å². The van der Waals surface area contributed by atoms with E-state index >= 15 is 0 Å². The lowest BCUT2D eigenvalue weighted by molar-refractivity contribution is 0.0693. The third kappa shape index (κ3) is 4.28. The summed E-state index contributed by atoms with van der Waals surface area (Å²) in [6.07, 6.45) is 3.17. The number of carbonyl (C=O) groups excluding carboxylic acids is 1. The van der Waals surface area contributed by atoms with Crippen molar-refractivity contribution in [2.75, 3.05) is 11.0 Å². The summed E-state index contributed by atoms with van der Waals surface area (Å²) in [5.74, 6) is 0.450. The summed E-state index contributed by atoms with van der Waals surface area (Å²) in [6.45, 7) is 1.97. The van der Waals surface area contributed by atoms with Gasteiger partial charge < -0.3 is 4.42 Å². The molecule has 2 heterocycles. The summed E-state index contributed by atoms with van der Waals surface area (Å²) in [5.41, 5.74) is 3.62. The summed E-state index contributed by atoms with van der Waals surface area (Å²) in [4.78, 5) is 13.2. The van der Waals surface area contributed by atoms with Gasteiger partial charge in [0, 0.05) is 17.7 Å². The van der Waals surface area contributed by atoms with Crippen LogP contribution >= 0.6 is 0 Å². The van der Waals surface area contributed by atoms with Crippen molar-refractivity contribution in [3.05, 3.63) is 89.4 Å². The van der Waals surface area contributed by atoms with Gasteiger partial charge in [-0.25, -0.2) is 13.4 Å². The van der Waals surface area contributed by atoms with E-state index in [2.05, 4.69) is 9.82 Å². The summed E-state index contributed by atoms with van der Waals surface area (Å²) in [5, 5.41) is 6.06. The molecule has 2 aromatic carbocycles. The lowest BCUT2D eigenvalue weighted by Gasteiger charge is -2.20. The van der Waals surface area contributed by atoms with Crippen LogP contribution in [0.5, 0.6) is 0 Å². The highest BCUT2D eigenvalue weighted by Crippen LogP contribution is 2.34. The van der Waals surface area contributed by atoms with E-state index in [4.69, 9.17) is 4.42 Å². The minimum atomic E-state index is -3.35. The normalized spacial score (nSPS) is 16.4. The van der Waals surface area contributed by atoms with Crippen molar-refractivity contribution in [2.24, 2.45) is 5.10 Å². The standard InChI is InChI=1S/C22H21N3O4S/c1-15-5-7-17(8-6-15)22(26)25-20(21-4-3-13-29-21)14-19(23-25)16-9-11-18(12-10-16)24-30(2,27)28/h3-13,20,24H,14H2,1-2H3/t20-/m1/s1. The van der Waals surface area contributed by atoms with Crippen molar-refractivity contribution < 1.29 is 17.6 Å². The fourth-order valence-electron chi connectivity index (χ4n) is 3.35. The number of amides is 1. The molecule has 7 nitrogen and oxygen atoms in total. The number of hydrogen-bond donors (Lipinski definition) is 1. The Morgan fingerprint density at radius 3 is 2.40 bits per heavy atom. The van der Waals surface area contributed by atoms with Gasteiger partial charge in [0.25, 0.3) is 5.91 Å². The predicted octanol–water partition coefficient (Wildman–Crippen LogP) is 3.95. The van der Waals surface area contributed by atoms with E-state index < -0.39 is 10.0 Å². The predicted molar refractivity (Wildman–Crippen MR) is 115 cm³/mol. The number of rotatable bonds is 5. The van der Waals surface area contributed by atoms with Gasteiger partial charge in [0.1, 0.15) is 11.8 Å². The Balaban J connectivity index is 1.65. The van der Waals surface area contributed by atoms with Crippen molar-refractivity contribution in [3.8, 4) is 0 Å². The number of carbonyl (C=O) groups is 1. The van der Waals surface area contributed by atoms with E-state index in [1.807, 2.05) is 25.1 Å². The number of aryl methyl sites for hydroxylation is 1. The van der Waals surface area contributed by atoms with Crippen LogP contribution in [0, 0.1) is 6.92 Å². The average molecular weight is 423 g/mol. The molecular formula is C22H21N3O4S. The highest BCUT2D eigenvalue weighted by molar-refractivity contribution is 7.92. The molecule has 1 aromatic heterocycles. The molecule has 8 heteroatoms. The van der Waals surface area contributed by atoms with E-state index in [1.54, 1.807) is 48.7 Å². The number of hydrogen-bond acceptors (Lipinski definition) is 5. The van der Waals surface area contributed by atoms with Crippen LogP contribution in [0.15, 0.2) is 76.4 Å². The van der Waals surface area contributed by atoms with Gasteiger partial charge in [-0.05, 0) is 48.9 Å². The summed E-state index contributed by atoms with van der Waals surface area (Å²) < 4.78 is 30.8. The Bertz CT molecular complexity index is 1180. The van der Waals surface area contributed by atoms with Crippen molar-refractivity contribution in [2.45, 2.75) is 19.4 Å². The molecule has 1 atom stereocenters. The van der Waals surface area contributed by atoms with Crippen LogP contribution in [-0.4, -0.2) is 31.3 Å². The number of hydrazone groups is 1. The van der Waals surface area contributed by atoms with E-state index in [9.17, 15) is 13.2 Å². The molecule has 0 bridgehead atoms. The second-order valence-corrected chi connectivity index (χ2v) is 9.00. The van der Waals surface area contributed by atoms with Crippen molar-refractivity contribution in [1.29, 1.82) is 0 Å². The molecule has 0 aliphatic carbocycles. The fraction of sp³-hybridized carbons (Fsp3) is 0.182. The molecule has 1 amide bonds. The molecule has 4 rings (SSSR count). The Morgan fingerprint density at radius 2 is 1.80 bits per heavy atom. The molecule has 1 aliphatic heterocycles. The maximum Gasteiger partial charge on any atom is 0.274 e. The molecule has 0 fully saturated rings. The Hall–Kier alpha value is -3.39. The van der Waals surface area contributed by atoms with E-state index in [0.29, 0.717) is 23.4 Å². The van der Waals surface area contributed by atoms with Gasteiger partial charge in [0.2, 0.25) is 10.0 Å². The number of furan rings is 1. The minimum Gasteiger partial charge on any atom is -0.467 e. The van der Waals surface area contributed by atoms with Crippen LogP contribution < -0.4 is 4.72 Å². The molecule has 154 valence electrons. The minimum absolute atomic E-state index is 0.207. The van der Waals surface area contributed by atoms with Crippen LogP contribution in [0.25, 0.3) is 0 Å². The first-order chi connectivity index (χ1) is 14.3. The molecule has 0 unspecified atom stereocenters. The quantitative estimate of drug-likeness (QED) is 0.673. The Morgan fingerprint density at radius 1 is 1.10 bits per heavy atom. The van der Waals surface area contributed by atoms with Gasteiger partial charge in [-0.3, -0.25) is 9.52 Å². The lowest BCUT2D eigenvalue weighted by atomic mass is 10.0. The second kappa shape index (κ2) is 7.79. The third-order valence-electron chi connectivity index (χ3n) is 4.81. The summed E-state index contributed by atoms with van der Waals surface area (Å²) in [6, 6.07) is 17.5. The van der Waals surface area contributed by atoms with Gasteiger partial charge in [-0.2, -0.15) is 5.10 Å². The van der Waals surface area contributed by atoms with Crippen molar-refractivity contribution >= 4 is 27.3 Å². The monoisotopic (exact) mass is 423 g/mol. The molecule has 1 N–H and O–H groups in total. The largest absolute Gasteiger partial charge is 0.467 e. The van der Waals surface area contributed by atoms with Gasteiger partial charge in [-0.15, -0.1) is 0 Å². The molecule has 1 aliphatic rings. The van der Waals surface area contributed by atoms with Crippen LogP contribution in [0.3, 0.4) is 0 Å². The van der Waals surface area contributed by atoms with Crippen LogP contribution in [0.1, 0.15) is 39.7 Å². The highest BCUT2D eigenvalue weighted by atomic mass is 32.2. The zero-order chi connectivity index (χ0) is 21.3. The van der Waals surface area contributed by atoms with E-state index in [1.165, 1.54) is 5.01 Å². The van der Waals surface area contributed by atoms with Crippen LogP contribution in [-0.2, 0) is 10.0 Å². The maximum atomic E-state index is 13.2. The zero-order valence-electron chi connectivity index (χ0n) is 16.6. The zero-order valence-corrected chi connectivity index (χ0v) is 17.4. The first-order valence-electron chi connectivity index (χ1n) is 9.39. The highest BCUT2D eigenvalue weighted by Gasteiger charge is 2.35. The Labute approximate surface area is 175 Å². The van der Waals surface area contributed by atoms with Crippen LogP contribution in [0.4, 0.5) is 5.69 Å². The van der Waals surface area contributed by atoms with Gasteiger partial charge in [0.15, 0.2) is 0 Å². The molecule has 0 spiro atoms. The number of benzene rings is 2. The maximum absolute atomic E-state index is 13.2.